The highest BCUT2D eigenvalue weighted by atomic mass is 35.5. The van der Waals surface area contributed by atoms with E-state index in [-0.39, 0.29) is 26.4 Å². The largest absolute Gasteiger partial charge is 0.495 e. The molecule has 2 aromatic rings. The highest BCUT2D eigenvalue weighted by Gasteiger charge is 2.26. The van der Waals surface area contributed by atoms with Crippen molar-refractivity contribution in [2.45, 2.75) is 23.1 Å². The summed E-state index contributed by atoms with van der Waals surface area (Å²) in [6.07, 6.45) is 2.11. The average Bonchev–Trinajstić information content (AvgIpc) is 2.54. The molecule has 1 heterocycles. The number of nitrogens with two attached hydrogens (primary N) is 1. The Bertz CT molecular complexity index is 843. The van der Waals surface area contributed by atoms with Crippen molar-refractivity contribution in [1.82, 2.24) is 9.97 Å². The smallest absolute Gasteiger partial charge is 0.227 e. The Labute approximate surface area is 146 Å². The summed E-state index contributed by atoms with van der Waals surface area (Å²) in [5.41, 5.74) is 5.88. The van der Waals surface area contributed by atoms with E-state index in [1.807, 2.05) is 14.0 Å². The van der Waals surface area contributed by atoms with Gasteiger partial charge >= 0.3 is 0 Å². The monoisotopic (exact) mass is 370 g/mol. The van der Waals surface area contributed by atoms with Gasteiger partial charge in [-0.1, -0.05) is 18.5 Å². The molecule has 0 radical (unpaired) electrons. The van der Waals surface area contributed by atoms with Gasteiger partial charge in [0.1, 0.15) is 21.4 Å². The molecule has 1 aromatic carbocycles. The zero-order chi connectivity index (χ0) is 17.9. The predicted octanol–water partition coefficient (Wildman–Crippen LogP) is 2.40. The molecule has 0 spiro atoms. The number of hydrogen-bond donors (Lipinski definition) is 1. The van der Waals surface area contributed by atoms with Gasteiger partial charge in [0.25, 0.3) is 0 Å². The van der Waals surface area contributed by atoms with Crippen LogP contribution >= 0.6 is 11.6 Å². The Hall–Kier alpha value is -2.06. The lowest BCUT2D eigenvalue weighted by Crippen LogP contribution is -2.21. The second-order valence-electron chi connectivity index (χ2n) is 5.14. The van der Waals surface area contributed by atoms with Crippen LogP contribution in [0.4, 0.5) is 11.8 Å². The Kier molecular flexibility index (Phi) is 5.51. The quantitative estimate of drug-likeness (QED) is 0.833. The SMILES string of the molecule is CCCN(C)c1ncc(S(=O)(=O)c2cc(Cl)ccc2OC)c(N)n1. The Balaban J connectivity index is 2.53. The first-order valence-corrected chi connectivity index (χ1v) is 9.09. The van der Waals surface area contributed by atoms with Crippen LogP contribution in [0, 0.1) is 0 Å². The lowest BCUT2D eigenvalue weighted by atomic mass is 10.3. The summed E-state index contributed by atoms with van der Waals surface area (Å²) >= 11 is 5.92. The van der Waals surface area contributed by atoms with Crippen molar-refractivity contribution in [2.24, 2.45) is 0 Å². The molecule has 7 nitrogen and oxygen atoms in total. The van der Waals surface area contributed by atoms with Crippen molar-refractivity contribution in [2.75, 3.05) is 31.3 Å². The van der Waals surface area contributed by atoms with Gasteiger partial charge in [-0.05, 0) is 24.6 Å². The van der Waals surface area contributed by atoms with Crippen molar-refractivity contribution < 1.29 is 13.2 Å². The standard InChI is InChI=1S/C15H19ClN4O3S/c1-4-7-20(2)15-18-9-13(14(17)19-15)24(21,22)12-8-10(16)5-6-11(12)23-3/h5-6,8-9H,4,7H2,1-3H3,(H2,17,18,19). The fraction of sp³-hybridized carbons (Fsp3) is 0.333. The van der Waals surface area contributed by atoms with Gasteiger partial charge in [-0.25, -0.2) is 13.4 Å². The molecule has 0 saturated carbocycles. The molecule has 0 bridgehead atoms. The summed E-state index contributed by atoms with van der Waals surface area (Å²) in [7, 11) is -0.776. The number of methoxy groups -OCH3 is 1. The minimum atomic E-state index is -3.97. The molecule has 0 aliphatic heterocycles. The van der Waals surface area contributed by atoms with E-state index in [2.05, 4.69) is 9.97 Å². The van der Waals surface area contributed by atoms with E-state index in [9.17, 15) is 8.42 Å². The highest BCUT2D eigenvalue weighted by molar-refractivity contribution is 7.91. The second kappa shape index (κ2) is 7.23. The molecule has 0 aliphatic carbocycles. The van der Waals surface area contributed by atoms with Crippen LogP contribution in [0.15, 0.2) is 34.2 Å². The molecule has 130 valence electrons. The van der Waals surface area contributed by atoms with Crippen LogP contribution in [0.1, 0.15) is 13.3 Å². The lowest BCUT2D eigenvalue weighted by Gasteiger charge is -2.17. The minimum Gasteiger partial charge on any atom is -0.495 e. The lowest BCUT2D eigenvalue weighted by molar-refractivity contribution is 0.402. The van der Waals surface area contributed by atoms with Crippen molar-refractivity contribution >= 4 is 33.2 Å². The Morgan fingerprint density at radius 2 is 2.04 bits per heavy atom. The van der Waals surface area contributed by atoms with Gasteiger partial charge in [-0.15, -0.1) is 0 Å². The summed E-state index contributed by atoms with van der Waals surface area (Å²) in [4.78, 5) is 9.74. The summed E-state index contributed by atoms with van der Waals surface area (Å²) in [6.45, 7) is 2.75. The third-order valence-electron chi connectivity index (χ3n) is 3.38. The van der Waals surface area contributed by atoms with E-state index in [4.69, 9.17) is 22.1 Å². The van der Waals surface area contributed by atoms with E-state index < -0.39 is 9.84 Å². The molecule has 2 rings (SSSR count). The summed E-state index contributed by atoms with van der Waals surface area (Å²) in [5.74, 6) is 0.419. The van der Waals surface area contributed by atoms with E-state index >= 15 is 0 Å². The van der Waals surface area contributed by atoms with Crippen LogP contribution in [0.25, 0.3) is 0 Å². The number of hydrogen-bond acceptors (Lipinski definition) is 7. The zero-order valence-corrected chi connectivity index (χ0v) is 15.2. The number of sulfone groups is 1. The summed E-state index contributed by atoms with van der Waals surface area (Å²) in [5, 5.41) is 0.271. The van der Waals surface area contributed by atoms with Crippen LogP contribution in [0.2, 0.25) is 5.02 Å². The number of aromatic nitrogens is 2. The number of nitrogens with zero attached hydrogens (tertiary/aromatic N) is 3. The topological polar surface area (TPSA) is 98.4 Å². The number of halogens is 1. The van der Waals surface area contributed by atoms with Crippen LogP contribution in [0.5, 0.6) is 5.75 Å². The Morgan fingerprint density at radius 3 is 2.62 bits per heavy atom. The maximum atomic E-state index is 12.9. The molecule has 0 amide bonds. The molecule has 2 N–H and O–H groups in total. The van der Waals surface area contributed by atoms with Crippen molar-refractivity contribution in [3.63, 3.8) is 0 Å². The molecule has 0 unspecified atom stereocenters. The van der Waals surface area contributed by atoms with Crippen molar-refractivity contribution in [1.29, 1.82) is 0 Å². The van der Waals surface area contributed by atoms with Gasteiger partial charge < -0.3 is 15.4 Å². The minimum absolute atomic E-state index is 0.0811. The normalized spacial score (nSPS) is 11.3. The third kappa shape index (κ3) is 3.54. The van der Waals surface area contributed by atoms with Crippen LogP contribution in [0.3, 0.4) is 0 Å². The Morgan fingerprint density at radius 1 is 1.33 bits per heavy atom. The van der Waals surface area contributed by atoms with E-state index in [1.165, 1.54) is 25.4 Å². The number of rotatable bonds is 6. The van der Waals surface area contributed by atoms with E-state index in [0.717, 1.165) is 13.0 Å². The fourth-order valence-corrected chi connectivity index (χ4v) is 3.86. The zero-order valence-electron chi connectivity index (χ0n) is 13.7. The van der Waals surface area contributed by atoms with E-state index in [1.54, 1.807) is 11.0 Å². The van der Waals surface area contributed by atoms with Crippen LogP contribution in [-0.4, -0.2) is 39.1 Å². The summed E-state index contributed by atoms with van der Waals surface area (Å²) < 4.78 is 30.9. The number of benzene rings is 1. The second-order valence-corrected chi connectivity index (χ2v) is 7.46. The van der Waals surface area contributed by atoms with Crippen molar-refractivity contribution in [3.8, 4) is 5.75 Å². The van der Waals surface area contributed by atoms with Gasteiger partial charge in [-0.2, -0.15) is 4.98 Å². The van der Waals surface area contributed by atoms with Crippen molar-refractivity contribution in [3.05, 3.63) is 29.4 Å². The molecule has 0 saturated heterocycles. The maximum Gasteiger partial charge on any atom is 0.227 e. The number of anilines is 2. The number of ether oxygens (including phenoxy) is 1. The first-order chi connectivity index (χ1) is 11.3. The van der Waals surface area contributed by atoms with Crippen LogP contribution in [-0.2, 0) is 9.84 Å². The van der Waals surface area contributed by atoms with E-state index in [0.29, 0.717) is 5.95 Å². The average molecular weight is 371 g/mol. The molecule has 0 fully saturated rings. The number of nitrogen functional groups attached to an aromatic ring is 1. The first kappa shape index (κ1) is 18.3. The van der Waals surface area contributed by atoms with Gasteiger partial charge in [0.2, 0.25) is 15.8 Å². The first-order valence-electron chi connectivity index (χ1n) is 7.23. The molecule has 0 atom stereocenters. The third-order valence-corrected chi connectivity index (χ3v) is 5.40. The van der Waals surface area contributed by atoms with Gasteiger partial charge in [0.05, 0.1) is 13.3 Å². The van der Waals surface area contributed by atoms with Gasteiger partial charge in [0, 0.05) is 18.6 Å². The molecule has 1 aromatic heterocycles. The fourth-order valence-electron chi connectivity index (χ4n) is 2.18. The van der Waals surface area contributed by atoms with Gasteiger partial charge in [0.15, 0.2) is 0 Å². The predicted molar refractivity (Wildman–Crippen MR) is 93.5 cm³/mol. The van der Waals surface area contributed by atoms with Crippen LogP contribution < -0.4 is 15.4 Å². The molecule has 9 heteroatoms. The maximum absolute atomic E-state index is 12.9. The molecular weight excluding hydrogens is 352 g/mol. The summed E-state index contributed by atoms with van der Waals surface area (Å²) in [6, 6.07) is 4.34. The van der Waals surface area contributed by atoms with Gasteiger partial charge in [-0.3, -0.25) is 0 Å². The molecule has 24 heavy (non-hydrogen) atoms. The highest BCUT2D eigenvalue weighted by Crippen LogP contribution is 2.33. The molecule has 0 aliphatic rings. The molecular formula is C15H19ClN4O3S.